The summed E-state index contributed by atoms with van der Waals surface area (Å²) >= 11 is 0. The van der Waals surface area contributed by atoms with Crippen molar-refractivity contribution in [3.05, 3.63) is 24.8 Å². The van der Waals surface area contributed by atoms with Gasteiger partial charge >= 0.3 is 11.9 Å². The summed E-state index contributed by atoms with van der Waals surface area (Å²) in [5.74, 6) is -1.17. The molecule has 0 saturated heterocycles. The number of rotatable bonds is 16. The van der Waals surface area contributed by atoms with Crippen molar-refractivity contribution >= 4 is 11.9 Å². The fourth-order valence-corrected chi connectivity index (χ4v) is 2.37. The minimum absolute atomic E-state index is 0.186. The normalized spacial score (nSPS) is 9.77. The molecule has 4 nitrogen and oxygen atoms in total. The second-order valence-electron chi connectivity index (χ2n) is 6.57. The first-order chi connectivity index (χ1) is 12.5. The molecule has 0 aliphatic heterocycles. The van der Waals surface area contributed by atoms with E-state index in [1.165, 1.54) is 64.2 Å². The number of hydrogen-bond donors (Lipinski definition) is 1. The highest BCUT2D eigenvalue weighted by atomic mass is 16.5. The molecule has 0 aliphatic rings. The third kappa shape index (κ3) is 22.4. The summed E-state index contributed by atoms with van der Waals surface area (Å²) < 4.78 is 5.27. The molecule has 0 aromatic carbocycles. The number of carbonyl (C=O) groups excluding carboxylic acids is 1. The largest absolute Gasteiger partial charge is 0.478 e. The van der Waals surface area contributed by atoms with Crippen LogP contribution in [0.25, 0.3) is 0 Å². The van der Waals surface area contributed by atoms with E-state index in [-0.39, 0.29) is 5.97 Å². The van der Waals surface area contributed by atoms with Crippen LogP contribution >= 0.6 is 0 Å². The van der Waals surface area contributed by atoms with Crippen LogP contribution in [0.15, 0.2) is 24.8 Å². The summed E-state index contributed by atoms with van der Waals surface area (Å²) in [6.45, 7) is 11.8. The number of aliphatic carboxylic acids is 1. The lowest BCUT2D eigenvalue weighted by Crippen LogP contribution is -2.08. The van der Waals surface area contributed by atoms with Gasteiger partial charge in [-0.05, 0) is 19.3 Å². The van der Waals surface area contributed by atoms with Gasteiger partial charge in [-0.3, -0.25) is 0 Å². The van der Waals surface area contributed by atoms with Crippen LogP contribution in [-0.4, -0.2) is 23.7 Å². The fraction of sp³-hybridized carbons (Fsp3) is 0.727. The fourth-order valence-electron chi connectivity index (χ4n) is 2.37. The zero-order chi connectivity index (χ0) is 20.0. The van der Waals surface area contributed by atoms with E-state index in [1.54, 1.807) is 0 Å². The Labute approximate surface area is 160 Å². The van der Waals surface area contributed by atoms with Crippen LogP contribution in [0, 0.1) is 0 Å². The van der Waals surface area contributed by atoms with Gasteiger partial charge in [-0.15, -0.1) is 0 Å². The Morgan fingerprint density at radius 1 is 0.846 bits per heavy atom. The summed E-state index contributed by atoms with van der Waals surface area (Å²) in [6, 6.07) is 0. The SMILES string of the molecule is C=C(CCCCCC)C(=O)OCCCCCCCCCC.C=CC(=O)O. The number of hydrogen-bond acceptors (Lipinski definition) is 3. The van der Waals surface area contributed by atoms with Crippen molar-refractivity contribution in [1.29, 1.82) is 0 Å². The molecule has 26 heavy (non-hydrogen) atoms. The van der Waals surface area contributed by atoms with E-state index in [4.69, 9.17) is 9.84 Å². The van der Waals surface area contributed by atoms with E-state index in [0.717, 1.165) is 25.3 Å². The Morgan fingerprint density at radius 2 is 1.27 bits per heavy atom. The molecule has 0 heterocycles. The summed E-state index contributed by atoms with van der Waals surface area (Å²) in [4.78, 5) is 20.9. The van der Waals surface area contributed by atoms with Crippen LogP contribution in [0.1, 0.15) is 97.3 Å². The van der Waals surface area contributed by atoms with Gasteiger partial charge in [0.15, 0.2) is 0 Å². The Morgan fingerprint density at radius 3 is 1.73 bits per heavy atom. The molecule has 1 N–H and O–H groups in total. The first-order valence-electron chi connectivity index (χ1n) is 10.2. The van der Waals surface area contributed by atoms with E-state index in [2.05, 4.69) is 27.0 Å². The predicted molar refractivity (Wildman–Crippen MR) is 109 cm³/mol. The highest BCUT2D eigenvalue weighted by molar-refractivity contribution is 5.87. The van der Waals surface area contributed by atoms with E-state index in [9.17, 15) is 9.59 Å². The monoisotopic (exact) mass is 368 g/mol. The lowest BCUT2D eigenvalue weighted by molar-refractivity contribution is -0.139. The number of carboxylic acid groups (broad SMARTS) is 1. The molecule has 0 saturated carbocycles. The topological polar surface area (TPSA) is 63.6 Å². The van der Waals surface area contributed by atoms with Gasteiger partial charge in [-0.2, -0.15) is 0 Å². The number of ether oxygens (including phenoxy) is 1. The first-order valence-corrected chi connectivity index (χ1v) is 10.2. The molecule has 0 bridgehead atoms. The standard InChI is InChI=1S/C19H36O2.C3H4O2/c1-4-6-8-10-11-12-13-15-17-21-19(20)18(3)16-14-9-7-5-2;1-2-3(4)5/h3-17H2,1-2H3;2H,1H2,(H,4,5). The maximum atomic E-state index is 11.7. The molecule has 0 aliphatic carbocycles. The quantitative estimate of drug-likeness (QED) is 0.193. The van der Waals surface area contributed by atoms with Gasteiger partial charge in [0.1, 0.15) is 0 Å². The van der Waals surface area contributed by atoms with Crippen LogP contribution in [-0.2, 0) is 14.3 Å². The third-order valence-corrected chi connectivity index (χ3v) is 4.03. The predicted octanol–water partition coefficient (Wildman–Crippen LogP) is 6.45. The van der Waals surface area contributed by atoms with Crippen LogP contribution in [0.2, 0.25) is 0 Å². The lowest BCUT2D eigenvalue weighted by atomic mass is 10.1. The molecule has 0 atom stereocenters. The number of unbranched alkanes of at least 4 members (excludes halogenated alkanes) is 10. The summed E-state index contributed by atoms with van der Waals surface area (Å²) in [7, 11) is 0. The van der Waals surface area contributed by atoms with Gasteiger partial charge < -0.3 is 9.84 Å². The summed E-state index contributed by atoms with van der Waals surface area (Å²) in [5, 5.41) is 7.60. The van der Waals surface area contributed by atoms with Crippen LogP contribution in [0.4, 0.5) is 0 Å². The van der Waals surface area contributed by atoms with Gasteiger partial charge in [-0.25, -0.2) is 9.59 Å². The van der Waals surface area contributed by atoms with Crippen molar-refractivity contribution in [2.75, 3.05) is 6.61 Å². The second-order valence-corrected chi connectivity index (χ2v) is 6.57. The molecule has 0 amide bonds. The molecule has 0 aromatic rings. The zero-order valence-electron chi connectivity index (χ0n) is 17.1. The maximum absolute atomic E-state index is 11.7. The first kappa shape index (κ1) is 26.6. The van der Waals surface area contributed by atoms with Crippen LogP contribution in [0.3, 0.4) is 0 Å². The maximum Gasteiger partial charge on any atom is 0.333 e. The number of carbonyl (C=O) groups is 2. The lowest BCUT2D eigenvalue weighted by Gasteiger charge is -2.07. The van der Waals surface area contributed by atoms with Crippen molar-refractivity contribution in [2.24, 2.45) is 0 Å². The smallest absolute Gasteiger partial charge is 0.333 e. The van der Waals surface area contributed by atoms with Crippen molar-refractivity contribution in [2.45, 2.75) is 97.3 Å². The minimum atomic E-state index is -0.981. The summed E-state index contributed by atoms with van der Waals surface area (Å²) in [5.41, 5.74) is 0.644. The molecule has 0 unspecified atom stereocenters. The Kier molecular flexibility index (Phi) is 22.0. The van der Waals surface area contributed by atoms with Crippen LogP contribution < -0.4 is 0 Å². The highest BCUT2D eigenvalue weighted by Gasteiger charge is 2.07. The minimum Gasteiger partial charge on any atom is -0.478 e. The Bertz CT molecular complexity index is 374. The molecule has 0 rings (SSSR count). The van der Waals surface area contributed by atoms with E-state index < -0.39 is 5.97 Å². The van der Waals surface area contributed by atoms with Gasteiger partial charge in [0.2, 0.25) is 0 Å². The van der Waals surface area contributed by atoms with Gasteiger partial charge in [0, 0.05) is 11.6 Å². The number of carboxylic acids is 1. The van der Waals surface area contributed by atoms with Gasteiger partial charge in [0.25, 0.3) is 0 Å². The van der Waals surface area contributed by atoms with Gasteiger partial charge in [-0.1, -0.05) is 91.2 Å². The second kappa shape index (κ2) is 21.5. The van der Waals surface area contributed by atoms with Gasteiger partial charge in [0.05, 0.1) is 6.61 Å². The molecular weight excluding hydrogens is 328 g/mol. The van der Waals surface area contributed by atoms with Crippen LogP contribution in [0.5, 0.6) is 0 Å². The van der Waals surface area contributed by atoms with E-state index in [1.807, 2.05) is 0 Å². The number of esters is 1. The van der Waals surface area contributed by atoms with Crippen molar-refractivity contribution in [3.63, 3.8) is 0 Å². The third-order valence-electron chi connectivity index (χ3n) is 4.03. The molecule has 0 aromatic heterocycles. The highest BCUT2D eigenvalue weighted by Crippen LogP contribution is 2.11. The van der Waals surface area contributed by atoms with E-state index in [0.29, 0.717) is 12.2 Å². The van der Waals surface area contributed by atoms with Crippen molar-refractivity contribution in [1.82, 2.24) is 0 Å². The Hall–Kier alpha value is -1.58. The molecular formula is C22H40O4. The summed E-state index contributed by atoms with van der Waals surface area (Å²) in [6.07, 6.45) is 16.4. The average molecular weight is 369 g/mol. The zero-order valence-corrected chi connectivity index (χ0v) is 17.1. The molecule has 152 valence electrons. The van der Waals surface area contributed by atoms with E-state index >= 15 is 0 Å². The Balaban J connectivity index is 0. The molecule has 4 heteroatoms. The molecule has 0 fully saturated rings. The average Bonchev–Trinajstić information content (AvgIpc) is 2.64. The molecule has 0 radical (unpaired) electrons. The molecule has 0 spiro atoms. The van der Waals surface area contributed by atoms with Crippen molar-refractivity contribution < 1.29 is 19.4 Å². The van der Waals surface area contributed by atoms with Crippen molar-refractivity contribution in [3.8, 4) is 0 Å².